The van der Waals surface area contributed by atoms with Gasteiger partial charge in [0.1, 0.15) is 23.3 Å². The van der Waals surface area contributed by atoms with E-state index >= 15 is 0 Å². The zero-order chi connectivity index (χ0) is 23.6. The third-order valence-corrected chi connectivity index (χ3v) is 5.90. The van der Waals surface area contributed by atoms with Crippen molar-refractivity contribution in [3.63, 3.8) is 0 Å². The number of rotatable bonds is 4. The van der Waals surface area contributed by atoms with Crippen LogP contribution in [0.5, 0.6) is 0 Å². The number of pyridine rings is 2. The second-order valence-corrected chi connectivity index (χ2v) is 8.48. The molecule has 0 aromatic carbocycles. The number of hydrogen-bond acceptors (Lipinski definition) is 5. The molecule has 1 fully saturated rings. The number of carbonyl (C=O) groups excluding carboxylic acids is 2. The van der Waals surface area contributed by atoms with E-state index in [9.17, 15) is 22.8 Å². The summed E-state index contributed by atoms with van der Waals surface area (Å²) in [6.07, 6.45) is -0.937. The van der Waals surface area contributed by atoms with Crippen molar-refractivity contribution in [3.05, 3.63) is 77.0 Å². The monoisotopic (exact) mass is 522 g/mol. The Bertz CT molecular complexity index is 1110. The molecule has 1 aliphatic rings. The predicted molar refractivity (Wildman–Crippen MR) is 115 cm³/mol. The quantitative estimate of drug-likeness (QED) is 0.528. The summed E-state index contributed by atoms with van der Waals surface area (Å²) in [5.74, 6) is -4.15. The second-order valence-electron chi connectivity index (χ2n) is 7.56. The van der Waals surface area contributed by atoms with Crippen LogP contribution in [-0.4, -0.2) is 39.4 Å². The van der Waals surface area contributed by atoms with Gasteiger partial charge in [-0.3, -0.25) is 9.59 Å². The van der Waals surface area contributed by atoms with Crippen molar-refractivity contribution < 1.29 is 27.2 Å². The van der Waals surface area contributed by atoms with Crippen LogP contribution in [0, 0.1) is 11.8 Å². The maximum absolute atomic E-state index is 13.8. The molecule has 4 heterocycles. The number of halogens is 4. The largest absolute Gasteiger partial charge is 0.467 e. The summed E-state index contributed by atoms with van der Waals surface area (Å²) in [7, 11) is 0. The third-order valence-electron chi connectivity index (χ3n) is 5.43. The number of amides is 2. The fraction of sp³-hybridized carbons (Fsp3) is 0.273. The lowest BCUT2D eigenvalue weighted by Crippen LogP contribution is -2.52. The average molecular weight is 523 g/mol. The van der Waals surface area contributed by atoms with E-state index in [4.69, 9.17) is 4.42 Å². The van der Waals surface area contributed by atoms with Gasteiger partial charge in [-0.15, -0.1) is 0 Å². The highest BCUT2D eigenvalue weighted by Gasteiger charge is 2.52. The van der Waals surface area contributed by atoms with Gasteiger partial charge >= 0.3 is 6.18 Å². The molecular weight excluding hydrogens is 505 g/mol. The maximum atomic E-state index is 13.8. The first-order chi connectivity index (χ1) is 15.7. The predicted octanol–water partition coefficient (Wildman–Crippen LogP) is 4.85. The topological polar surface area (TPSA) is 88.3 Å². The van der Waals surface area contributed by atoms with Crippen LogP contribution in [0.2, 0.25) is 0 Å². The lowest BCUT2D eigenvalue weighted by Gasteiger charge is -2.43. The first-order valence-electron chi connectivity index (χ1n) is 9.98. The average Bonchev–Trinajstić information content (AvgIpc) is 3.33. The number of anilines is 1. The number of likely N-dealkylation sites (tertiary alicyclic amines) is 1. The lowest BCUT2D eigenvalue weighted by atomic mass is 9.80. The first-order valence-corrected chi connectivity index (χ1v) is 10.8. The Balaban J connectivity index is 1.74. The van der Waals surface area contributed by atoms with E-state index in [-0.39, 0.29) is 17.3 Å². The van der Waals surface area contributed by atoms with Crippen molar-refractivity contribution in [3.8, 4) is 0 Å². The number of carbonyl (C=O) groups is 2. The molecule has 2 amide bonds. The van der Waals surface area contributed by atoms with Gasteiger partial charge < -0.3 is 14.6 Å². The number of nitrogens with zero attached hydrogens (tertiary/aromatic N) is 3. The van der Waals surface area contributed by atoms with Gasteiger partial charge in [0.15, 0.2) is 0 Å². The summed E-state index contributed by atoms with van der Waals surface area (Å²) in [5.41, 5.74) is -0.0403. The fourth-order valence-electron chi connectivity index (χ4n) is 3.89. The van der Waals surface area contributed by atoms with Gasteiger partial charge in [-0.25, -0.2) is 9.97 Å². The normalized spacial score (nSPS) is 21.0. The lowest BCUT2D eigenvalue weighted by molar-refractivity contribution is -0.194. The van der Waals surface area contributed by atoms with E-state index in [0.29, 0.717) is 4.47 Å². The Morgan fingerprint density at radius 1 is 1.12 bits per heavy atom. The van der Waals surface area contributed by atoms with E-state index < -0.39 is 48.8 Å². The number of aromatic nitrogens is 2. The van der Waals surface area contributed by atoms with E-state index in [1.807, 2.05) is 0 Å². The summed E-state index contributed by atoms with van der Waals surface area (Å²) in [6, 6.07) is 9.83. The van der Waals surface area contributed by atoms with Gasteiger partial charge in [-0.2, -0.15) is 13.2 Å². The molecule has 0 radical (unpaired) electrons. The summed E-state index contributed by atoms with van der Waals surface area (Å²) in [5, 5.41) is 2.56. The van der Waals surface area contributed by atoms with E-state index in [2.05, 4.69) is 31.2 Å². The van der Waals surface area contributed by atoms with Gasteiger partial charge in [0, 0.05) is 23.4 Å². The molecule has 172 valence electrons. The SMILES string of the molecule is O=C(Nc1ccccn1)C1CC(C(F)(F)F)CN(C(=O)c2ccc(Br)cn2)C1c1ccco1. The van der Waals surface area contributed by atoms with Crippen molar-refractivity contribution in [1.29, 1.82) is 0 Å². The molecule has 0 bridgehead atoms. The van der Waals surface area contributed by atoms with E-state index in [0.717, 1.165) is 4.90 Å². The number of piperidine rings is 1. The minimum atomic E-state index is -4.61. The Kier molecular flexibility index (Phi) is 6.50. The Morgan fingerprint density at radius 3 is 2.55 bits per heavy atom. The fourth-order valence-corrected chi connectivity index (χ4v) is 4.13. The molecule has 0 spiro atoms. The summed E-state index contributed by atoms with van der Waals surface area (Å²) >= 11 is 3.22. The highest BCUT2D eigenvalue weighted by molar-refractivity contribution is 9.10. The maximum Gasteiger partial charge on any atom is 0.393 e. The van der Waals surface area contributed by atoms with Crippen LogP contribution in [0.15, 0.2) is 70.0 Å². The van der Waals surface area contributed by atoms with Crippen LogP contribution in [-0.2, 0) is 4.79 Å². The summed E-state index contributed by atoms with van der Waals surface area (Å²) in [4.78, 5) is 35.6. The van der Waals surface area contributed by atoms with Gasteiger partial charge in [0.25, 0.3) is 5.91 Å². The van der Waals surface area contributed by atoms with Crippen LogP contribution in [0.3, 0.4) is 0 Å². The van der Waals surface area contributed by atoms with Crippen molar-refractivity contribution in [1.82, 2.24) is 14.9 Å². The van der Waals surface area contributed by atoms with E-state index in [1.165, 1.54) is 36.9 Å². The number of alkyl halides is 3. The van der Waals surface area contributed by atoms with Crippen molar-refractivity contribution in [2.24, 2.45) is 11.8 Å². The van der Waals surface area contributed by atoms with Crippen LogP contribution in [0.1, 0.15) is 28.7 Å². The molecule has 1 N–H and O–H groups in total. The molecule has 1 saturated heterocycles. The molecule has 3 atom stereocenters. The zero-order valence-electron chi connectivity index (χ0n) is 17.0. The zero-order valence-corrected chi connectivity index (χ0v) is 18.6. The highest BCUT2D eigenvalue weighted by atomic mass is 79.9. The molecule has 3 aromatic rings. The van der Waals surface area contributed by atoms with Crippen molar-refractivity contribution in [2.75, 3.05) is 11.9 Å². The molecule has 33 heavy (non-hydrogen) atoms. The Hall–Kier alpha value is -3.21. The second kappa shape index (κ2) is 9.34. The molecular formula is C22H18BrF3N4O3. The van der Waals surface area contributed by atoms with Gasteiger partial charge in [0.05, 0.1) is 18.1 Å². The van der Waals surface area contributed by atoms with Crippen LogP contribution in [0.4, 0.5) is 19.0 Å². The van der Waals surface area contributed by atoms with Crippen molar-refractivity contribution in [2.45, 2.75) is 18.6 Å². The van der Waals surface area contributed by atoms with Crippen LogP contribution >= 0.6 is 15.9 Å². The standard InChI is InChI=1S/C22H18BrF3N4O3/c23-14-6-7-16(28-11-14)21(32)30-12-13(22(24,25)26)10-15(19(30)17-4-3-9-33-17)20(31)29-18-5-1-2-8-27-18/h1-9,11,13,15,19H,10,12H2,(H,27,29,31). The van der Waals surface area contributed by atoms with Gasteiger partial charge in [0.2, 0.25) is 5.91 Å². The van der Waals surface area contributed by atoms with Crippen LogP contribution < -0.4 is 5.32 Å². The third kappa shape index (κ3) is 5.08. The van der Waals surface area contributed by atoms with Crippen molar-refractivity contribution >= 4 is 33.6 Å². The molecule has 0 saturated carbocycles. The molecule has 3 unspecified atom stereocenters. The molecule has 0 aliphatic carbocycles. The Labute approximate surface area is 195 Å². The van der Waals surface area contributed by atoms with E-state index in [1.54, 1.807) is 24.3 Å². The molecule has 7 nitrogen and oxygen atoms in total. The summed E-state index contributed by atoms with van der Waals surface area (Å²) < 4.78 is 47.6. The van der Waals surface area contributed by atoms with Gasteiger partial charge in [-0.05, 0) is 58.7 Å². The minimum Gasteiger partial charge on any atom is -0.467 e. The highest BCUT2D eigenvalue weighted by Crippen LogP contribution is 2.45. The number of furan rings is 1. The van der Waals surface area contributed by atoms with Crippen LogP contribution in [0.25, 0.3) is 0 Å². The molecule has 1 aliphatic heterocycles. The minimum absolute atomic E-state index is 0.0403. The number of nitrogens with one attached hydrogen (secondary N) is 1. The van der Waals surface area contributed by atoms with Gasteiger partial charge in [-0.1, -0.05) is 6.07 Å². The molecule has 3 aromatic heterocycles. The smallest absolute Gasteiger partial charge is 0.393 e. The number of hydrogen-bond donors (Lipinski definition) is 1. The Morgan fingerprint density at radius 2 is 1.94 bits per heavy atom. The molecule has 11 heteroatoms. The molecule has 4 rings (SSSR count). The summed E-state index contributed by atoms with van der Waals surface area (Å²) in [6.45, 7) is -0.626. The first kappa shape index (κ1) is 23.0.